The molecule has 0 aliphatic carbocycles. The molecular weight excluding hydrogens is 284 g/mol. The number of hydrogen-bond donors (Lipinski definition) is 0. The summed E-state index contributed by atoms with van der Waals surface area (Å²) in [4.78, 5) is 0. The molecule has 0 N–H and O–H groups in total. The van der Waals surface area contributed by atoms with Gasteiger partial charge in [0.2, 0.25) is 0 Å². The van der Waals surface area contributed by atoms with Crippen LogP contribution >= 0.6 is 0 Å². The molecule has 2 aromatic carbocycles. The van der Waals surface area contributed by atoms with Gasteiger partial charge in [-0.1, -0.05) is 66.7 Å². The van der Waals surface area contributed by atoms with E-state index < -0.39 is 0 Å². The first kappa shape index (κ1) is 17.2. The first-order chi connectivity index (χ1) is 11.3. The Kier molecular flexibility index (Phi) is 7.31. The lowest BCUT2D eigenvalue weighted by atomic mass is 10.0. The van der Waals surface area contributed by atoms with Gasteiger partial charge in [0.05, 0.1) is 25.9 Å². The van der Waals surface area contributed by atoms with E-state index in [1.165, 1.54) is 16.7 Å². The minimum atomic E-state index is 0.0236. The lowest BCUT2D eigenvalue weighted by Gasteiger charge is -2.17. The topological polar surface area (TPSA) is 18.5 Å². The molecular formula is C21H24O2. The average Bonchev–Trinajstić information content (AvgIpc) is 2.61. The van der Waals surface area contributed by atoms with E-state index in [9.17, 15) is 0 Å². The molecule has 0 radical (unpaired) electrons. The number of hydrogen-bond acceptors (Lipinski definition) is 2. The lowest BCUT2D eigenvalue weighted by molar-refractivity contribution is 0.00263. The molecule has 2 nitrogen and oxygen atoms in total. The third-order valence-electron chi connectivity index (χ3n) is 3.51. The molecule has 2 aromatic rings. The standard InChI is InChI=1S/C21H24O2/c1-3-14-22-17-21(23-15-4-2)16-18-10-12-20(13-11-18)19-8-6-5-7-9-19/h3-13,21H,1-2,14-17H2. The van der Waals surface area contributed by atoms with E-state index in [1.807, 2.05) is 6.07 Å². The van der Waals surface area contributed by atoms with Crippen molar-refractivity contribution in [3.63, 3.8) is 0 Å². The van der Waals surface area contributed by atoms with Crippen molar-refractivity contribution in [3.05, 3.63) is 85.5 Å². The van der Waals surface area contributed by atoms with Crippen LogP contribution in [0.15, 0.2) is 79.9 Å². The second kappa shape index (κ2) is 9.78. The highest BCUT2D eigenvalue weighted by molar-refractivity contribution is 5.63. The van der Waals surface area contributed by atoms with E-state index >= 15 is 0 Å². The van der Waals surface area contributed by atoms with E-state index in [0.29, 0.717) is 19.8 Å². The maximum Gasteiger partial charge on any atom is 0.0853 e. The second-order valence-corrected chi connectivity index (χ2v) is 5.34. The quantitative estimate of drug-likeness (QED) is 0.469. The largest absolute Gasteiger partial charge is 0.375 e. The summed E-state index contributed by atoms with van der Waals surface area (Å²) in [5.41, 5.74) is 3.69. The van der Waals surface area contributed by atoms with Gasteiger partial charge in [-0.05, 0) is 16.7 Å². The third-order valence-corrected chi connectivity index (χ3v) is 3.51. The average molecular weight is 308 g/mol. The van der Waals surface area contributed by atoms with Gasteiger partial charge in [-0.2, -0.15) is 0 Å². The van der Waals surface area contributed by atoms with E-state index in [0.717, 1.165) is 6.42 Å². The van der Waals surface area contributed by atoms with Crippen molar-refractivity contribution in [3.8, 4) is 11.1 Å². The fourth-order valence-electron chi connectivity index (χ4n) is 2.38. The Bertz CT molecular complexity index is 587. The van der Waals surface area contributed by atoms with Gasteiger partial charge >= 0.3 is 0 Å². The maximum absolute atomic E-state index is 5.78. The van der Waals surface area contributed by atoms with Gasteiger partial charge in [-0.25, -0.2) is 0 Å². The zero-order chi connectivity index (χ0) is 16.3. The summed E-state index contributed by atoms with van der Waals surface area (Å²) >= 11 is 0. The van der Waals surface area contributed by atoms with Crippen LogP contribution in [-0.2, 0) is 15.9 Å². The van der Waals surface area contributed by atoms with Crippen molar-refractivity contribution in [2.24, 2.45) is 0 Å². The highest BCUT2D eigenvalue weighted by Gasteiger charge is 2.10. The molecule has 0 aliphatic rings. The summed E-state index contributed by atoms with van der Waals surface area (Å²) < 4.78 is 11.3. The summed E-state index contributed by atoms with van der Waals surface area (Å²) in [6, 6.07) is 19.0. The van der Waals surface area contributed by atoms with Gasteiger partial charge < -0.3 is 9.47 Å². The van der Waals surface area contributed by atoms with Crippen LogP contribution in [0.2, 0.25) is 0 Å². The van der Waals surface area contributed by atoms with E-state index in [-0.39, 0.29) is 6.10 Å². The van der Waals surface area contributed by atoms with Crippen LogP contribution in [-0.4, -0.2) is 25.9 Å². The van der Waals surface area contributed by atoms with Gasteiger partial charge in [0.25, 0.3) is 0 Å². The third kappa shape index (κ3) is 5.85. The first-order valence-corrected chi connectivity index (χ1v) is 7.89. The van der Waals surface area contributed by atoms with Gasteiger partial charge in [0.15, 0.2) is 0 Å². The Morgan fingerprint density at radius 1 is 0.826 bits per heavy atom. The van der Waals surface area contributed by atoms with Crippen LogP contribution in [0, 0.1) is 0 Å². The highest BCUT2D eigenvalue weighted by Crippen LogP contribution is 2.20. The number of benzene rings is 2. The molecule has 120 valence electrons. The van der Waals surface area contributed by atoms with E-state index in [4.69, 9.17) is 9.47 Å². The van der Waals surface area contributed by atoms with Crippen molar-refractivity contribution in [2.45, 2.75) is 12.5 Å². The highest BCUT2D eigenvalue weighted by atomic mass is 16.5. The molecule has 2 heteroatoms. The molecule has 2 rings (SSSR count). The summed E-state index contributed by atoms with van der Waals surface area (Å²) in [5, 5.41) is 0. The van der Waals surface area contributed by atoms with E-state index in [1.54, 1.807) is 12.2 Å². The summed E-state index contributed by atoms with van der Waals surface area (Å²) in [6.07, 6.45) is 4.36. The van der Waals surface area contributed by atoms with Crippen molar-refractivity contribution in [1.82, 2.24) is 0 Å². The second-order valence-electron chi connectivity index (χ2n) is 5.34. The number of rotatable bonds is 10. The SMILES string of the molecule is C=CCOCC(Cc1ccc(-c2ccccc2)cc1)OCC=C. The minimum Gasteiger partial charge on any atom is -0.375 e. The van der Waals surface area contributed by atoms with Crippen LogP contribution in [0.4, 0.5) is 0 Å². The molecule has 23 heavy (non-hydrogen) atoms. The Balaban J connectivity index is 1.98. The summed E-state index contributed by atoms with van der Waals surface area (Å²) in [7, 11) is 0. The molecule has 1 atom stereocenters. The predicted octanol–water partition coefficient (Wildman–Crippen LogP) is 4.67. The van der Waals surface area contributed by atoms with Crippen LogP contribution in [0.3, 0.4) is 0 Å². The Morgan fingerprint density at radius 3 is 2.13 bits per heavy atom. The van der Waals surface area contributed by atoms with Crippen molar-refractivity contribution < 1.29 is 9.47 Å². The monoisotopic (exact) mass is 308 g/mol. The fraction of sp³-hybridized carbons (Fsp3) is 0.238. The zero-order valence-corrected chi connectivity index (χ0v) is 13.5. The molecule has 1 unspecified atom stereocenters. The molecule has 0 aliphatic heterocycles. The Labute approximate surface area is 139 Å². The minimum absolute atomic E-state index is 0.0236. The van der Waals surface area contributed by atoms with Gasteiger partial charge in [0, 0.05) is 6.42 Å². The molecule has 0 aromatic heterocycles. The summed E-state index contributed by atoms with van der Waals surface area (Å²) in [5.74, 6) is 0. The van der Waals surface area contributed by atoms with Crippen molar-refractivity contribution >= 4 is 0 Å². The maximum atomic E-state index is 5.78. The van der Waals surface area contributed by atoms with Crippen LogP contribution in [0.25, 0.3) is 11.1 Å². The fourth-order valence-corrected chi connectivity index (χ4v) is 2.38. The Hall–Kier alpha value is -2.16. The predicted molar refractivity (Wildman–Crippen MR) is 96.5 cm³/mol. The lowest BCUT2D eigenvalue weighted by Crippen LogP contribution is -2.23. The first-order valence-electron chi connectivity index (χ1n) is 7.89. The summed E-state index contributed by atoms with van der Waals surface area (Å²) in [6.45, 7) is 8.99. The van der Waals surface area contributed by atoms with Crippen LogP contribution < -0.4 is 0 Å². The molecule has 0 heterocycles. The molecule has 0 saturated carbocycles. The van der Waals surface area contributed by atoms with Gasteiger partial charge in [0.1, 0.15) is 0 Å². The normalized spacial score (nSPS) is 11.8. The van der Waals surface area contributed by atoms with Crippen molar-refractivity contribution in [1.29, 1.82) is 0 Å². The van der Waals surface area contributed by atoms with Crippen LogP contribution in [0.1, 0.15) is 5.56 Å². The van der Waals surface area contributed by atoms with Gasteiger partial charge in [-0.15, -0.1) is 13.2 Å². The smallest absolute Gasteiger partial charge is 0.0853 e. The van der Waals surface area contributed by atoms with Crippen molar-refractivity contribution in [2.75, 3.05) is 19.8 Å². The molecule has 0 fully saturated rings. The Morgan fingerprint density at radius 2 is 1.48 bits per heavy atom. The van der Waals surface area contributed by atoms with Gasteiger partial charge in [-0.3, -0.25) is 0 Å². The van der Waals surface area contributed by atoms with Crippen LogP contribution in [0.5, 0.6) is 0 Å². The molecule has 0 spiro atoms. The molecule has 0 saturated heterocycles. The molecule has 0 bridgehead atoms. The zero-order valence-electron chi connectivity index (χ0n) is 13.5. The molecule has 0 amide bonds. The van der Waals surface area contributed by atoms with E-state index in [2.05, 4.69) is 61.7 Å². The number of ether oxygens (including phenoxy) is 2.